The van der Waals surface area contributed by atoms with Crippen LogP contribution in [0.5, 0.6) is 0 Å². The molecule has 2 aromatic rings. The molecule has 1 aromatic heterocycles. The third-order valence-corrected chi connectivity index (χ3v) is 3.03. The molecule has 0 saturated heterocycles. The van der Waals surface area contributed by atoms with Gasteiger partial charge in [-0.05, 0) is 19.4 Å². The molecule has 4 nitrogen and oxygen atoms in total. The molecular weight excluding hydrogens is 212 g/mol. The van der Waals surface area contributed by atoms with E-state index in [9.17, 15) is 0 Å². The minimum Gasteiger partial charge on any atom is -0.329 e. The topological polar surface area (TPSA) is 56.7 Å². The zero-order valence-corrected chi connectivity index (χ0v) is 10.3. The van der Waals surface area contributed by atoms with Gasteiger partial charge in [-0.15, -0.1) is 10.2 Å². The fourth-order valence-corrected chi connectivity index (χ4v) is 2.12. The van der Waals surface area contributed by atoms with Gasteiger partial charge >= 0.3 is 0 Å². The first-order chi connectivity index (χ1) is 8.27. The standard InChI is InChI=1S/C13H18N4/c1-3-17-10(2)15-16-13(17)12(9-14)11-7-5-4-6-8-11/h4-8,12H,3,9,14H2,1-2H3. The summed E-state index contributed by atoms with van der Waals surface area (Å²) in [5.74, 6) is 2.02. The van der Waals surface area contributed by atoms with Crippen LogP contribution in [0.15, 0.2) is 30.3 Å². The summed E-state index contributed by atoms with van der Waals surface area (Å²) in [5.41, 5.74) is 7.08. The number of aryl methyl sites for hydroxylation is 1. The maximum Gasteiger partial charge on any atom is 0.141 e. The lowest BCUT2D eigenvalue weighted by molar-refractivity contribution is 0.636. The molecule has 0 saturated carbocycles. The smallest absolute Gasteiger partial charge is 0.141 e. The van der Waals surface area contributed by atoms with Crippen LogP contribution < -0.4 is 5.73 Å². The van der Waals surface area contributed by atoms with Crippen molar-refractivity contribution in [3.63, 3.8) is 0 Å². The van der Waals surface area contributed by atoms with Crippen molar-refractivity contribution in [1.29, 1.82) is 0 Å². The Labute approximate surface area is 101 Å². The first-order valence-corrected chi connectivity index (χ1v) is 5.92. The second-order valence-electron chi connectivity index (χ2n) is 4.05. The molecule has 1 aromatic carbocycles. The molecule has 1 unspecified atom stereocenters. The minimum atomic E-state index is 0.123. The second-order valence-corrected chi connectivity index (χ2v) is 4.05. The zero-order chi connectivity index (χ0) is 12.3. The van der Waals surface area contributed by atoms with Crippen molar-refractivity contribution in [3.05, 3.63) is 47.5 Å². The van der Waals surface area contributed by atoms with Crippen molar-refractivity contribution < 1.29 is 0 Å². The van der Waals surface area contributed by atoms with Crippen LogP contribution in [0, 0.1) is 6.92 Å². The summed E-state index contributed by atoms with van der Waals surface area (Å²) in [6.07, 6.45) is 0. The van der Waals surface area contributed by atoms with Gasteiger partial charge in [-0.25, -0.2) is 0 Å². The third kappa shape index (κ3) is 2.22. The second kappa shape index (κ2) is 5.10. The monoisotopic (exact) mass is 230 g/mol. The van der Waals surface area contributed by atoms with Crippen LogP contribution in [0.2, 0.25) is 0 Å². The molecule has 0 amide bonds. The fourth-order valence-electron chi connectivity index (χ4n) is 2.12. The van der Waals surface area contributed by atoms with Gasteiger partial charge in [0.2, 0.25) is 0 Å². The van der Waals surface area contributed by atoms with Crippen molar-refractivity contribution in [2.75, 3.05) is 6.54 Å². The first kappa shape index (κ1) is 11.8. The third-order valence-electron chi connectivity index (χ3n) is 3.03. The molecule has 0 aliphatic carbocycles. The van der Waals surface area contributed by atoms with Gasteiger partial charge < -0.3 is 10.3 Å². The van der Waals surface area contributed by atoms with Crippen LogP contribution >= 0.6 is 0 Å². The number of hydrogen-bond donors (Lipinski definition) is 1. The van der Waals surface area contributed by atoms with Crippen LogP contribution in [0.1, 0.15) is 30.1 Å². The minimum absolute atomic E-state index is 0.123. The van der Waals surface area contributed by atoms with Gasteiger partial charge in [0.25, 0.3) is 0 Å². The van der Waals surface area contributed by atoms with Gasteiger partial charge in [-0.1, -0.05) is 30.3 Å². The van der Waals surface area contributed by atoms with Crippen LogP contribution in [-0.2, 0) is 6.54 Å². The molecule has 0 aliphatic rings. The largest absolute Gasteiger partial charge is 0.329 e. The Hall–Kier alpha value is -1.68. The molecule has 1 heterocycles. The highest BCUT2D eigenvalue weighted by Crippen LogP contribution is 2.22. The summed E-state index contributed by atoms with van der Waals surface area (Å²) in [4.78, 5) is 0. The molecule has 0 spiro atoms. The van der Waals surface area contributed by atoms with E-state index >= 15 is 0 Å². The lowest BCUT2D eigenvalue weighted by atomic mass is 9.98. The summed E-state index contributed by atoms with van der Waals surface area (Å²) in [7, 11) is 0. The zero-order valence-electron chi connectivity index (χ0n) is 10.3. The molecule has 4 heteroatoms. The summed E-state index contributed by atoms with van der Waals surface area (Å²) >= 11 is 0. The molecule has 2 rings (SSSR count). The average Bonchev–Trinajstić information content (AvgIpc) is 2.73. The van der Waals surface area contributed by atoms with E-state index in [1.54, 1.807) is 0 Å². The van der Waals surface area contributed by atoms with Crippen LogP contribution in [-0.4, -0.2) is 21.3 Å². The number of rotatable bonds is 4. The highest BCUT2D eigenvalue weighted by Gasteiger charge is 2.19. The molecule has 1 atom stereocenters. The molecule has 90 valence electrons. The summed E-state index contributed by atoms with van der Waals surface area (Å²) in [6, 6.07) is 10.2. The van der Waals surface area contributed by atoms with E-state index in [1.807, 2.05) is 25.1 Å². The molecule has 17 heavy (non-hydrogen) atoms. The Morgan fingerprint density at radius 2 is 1.94 bits per heavy atom. The number of benzene rings is 1. The maximum absolute atomic E-state index is 5.89. The van der Waals surface area contributed by atoms with Gasteiger partial charge in [0.15, 0.2) is 0 Å². The number of aromatic nitrogens is 3. The van der Waals surface area contributed by atoms with E-state index in [0.29, 0.717) is 6.54 Å². The van der Waals surface area contributed by atoms with E-state index in [0.717, 1.165) is 18.2 Å². The van der Waals surface area contributed by atoms with Crippen molar-refractivity contribution in [1.82, 2.24) is 14.8 Å². The van der Waals surface area contributed by atoms with Crippen molar-refractivity contribution in [2.45, 2.75) is 26.3 Å². The van der Waals surface area contributed by atoms with Crippen molar-refractivity contribution in [3.8, 4) is 0 Å². The van der Waals surface area contributed by atoms with Gasteiger partial charge in [-0.3, -0.25) is 0 Å². The number of nitrogens with two attached hydrogens (primary N) is 1. The molecular formula is C13H18N4. The van der Waals surface area contributed by atoms with Gasteiger partial charge in [0, 0.05) is 13.1 Å². The van der Waals surface area contributed by atoms with Gasteiger partial charge in [0.1, 0.15) is 11.6 Å². The molecule has 0 bridgehead atoms. The Balaban J connectivity index is 2.42. The predicted molar refractivity (Wildman–Crippen MR) is 67.8 cm³/mol. The predicted octanol–water partition coefficient (Wildman–Crippen LogP) is 1.70. The Bertz CT molecular complexity index is 475. The highest BCUT2D eigenvalue weighted by atomic mass is 15.3. The van der Waals surface area contributed by atoms with E-state index < -0.39 is 0 Å². The van der Waals surface area contributed by atoms with E-state index in [1.165, 1.54) is 5.56 Å². The molecule has 0 radical (unpaired) electrons. The summed E-state index contributed by atoms with van der Waals surface area (Å²) < 4.78 is 2.12. The van der Waals surface area contributed by atoms with E-state index in [4.69, 9.17) is 5.73 Å². The lowest BCUT2D eigenvalue weighted by Crippen LogP contribution is -2.18. The summed E-state index contributed by atoms with van der Waals surface area (Å²) in [6.45, 7) is 5.48. The van der Waals surface area contributed by atoms with Crippen LogP contribution in [0.25, 0.3) is 0 Å². The SMILES string of the molecule is CCn1c(C)nnc1C(CN)c1ccccc1. The van der Waals surface area contributed by atoms with Gasteiger partial charge in [-0.2, -0.15) is 0 Å². The lowest BCUT2D eigenvalue weighted by Gasteiger charge is -2.15. The molecule has 2 N–H and O–H groups in total. The number of hydrogen-bond acceptors (Lipinski definition) is 3. The van der Waals surface area contributed by atoms with Gasteiger partial charge in [0.05, 0.1) is 5.92 Å². The van der Waals surface area contributed by atoms with E-state index in [-0.39, 0.29) is 5.92 Å². The van der Waals surface area contributed by atoms with Crippen LogP contribution in [0.4, 0.5) is 0 Å². The first-order valence-electron chi connectivity index (χ1n) is 5.92. The molecule has 0 aliphatic heterocycles. The quantitative estimate of drug-likeness (QED) is 0.869. The van der Waals surface area contributed by atoms with Crippen LogP contribution in [0.3, 0.4) is 0 Å². The van der Waals surface area contributed by atoms with Crippen molar-refractivity contribution in [2.24, 2.45) is 5.73 Å². The summed E-state index contributed by atoms with van der Waals surface area (Å²) in [5, 5.41) is 8.41. The highest BCUT2D eigenvalue weighted by molar-refractivity contribution is 5.26. The fraction of sp³-hybridized carbons (Fsp3) is 0.385. The number of nitrogens with zero attached hydrogens (tertiary/aromatic N) is 3. The average molecular weight is 230 g/mol. The Kier molecular flexibility index (Phi) is 3.54. The van der Waals surface area contributed by atoms with Crippen molar-refractivity contribution >= 4 is 0 Å². The Morgan fingerprint density at radius 3 is 2.53 bits per heavy atom. The molecule has 0 fully saturated rings. The Morgan fingerprint density at radius 1 is 1.24 bits per heavy atom. The normalized spacial score (nSPS) is 12.6. The maximum atomic E-state index is 5.89. The van der Waals surface area contributed by atoms with E-state index in [2.05, 4.69) is 33.8 Å².